The van der Waals surface area contributed by atoms with Crippen molar-refractivity contribution >= 4 is 28.9 Å². The van der Waals surface area contributed by atoms with Crippen LogP contribution in [0.5, 0.6) is 0 Å². The van der Waals surface area contributed by atoms with E-state index in [1.54, 1.807) is 0 Å². The van der Waals surface area contributed by atoms with Gasteiger partial charge in [-0.3, -0.25) is 4.79 Å². The summed E-state index contributed by atoms with van der Waals surface area (Å²) >= 11 is 6.47. The third kappa shape index (κ3) is 2.87. The number of amides is 1. The molecule has 2 N–H and O–H groups in total. The Morgan fingerprint density at radius 2 is 2.05 bits per heavy atom. The summed E-state index contributed by atoms with van der Waals surface area (Å²) in [5.41, 5.74) is 2.73. The molecule has 0 spiro atoms. The molecule has 0 fully saturated rings. The summed E-state index contributed by atoms with van der Waals surface area (Å²) in [6, 6.07) is 3.57. The Kier molecular flexibility index (Phi) is 4.49. The summed E-state index contributed by atoms with van der Waals surface area (Å²) in [5.74, 6) is -0.0162. The molecule has 0 saturated carbocycles. The van der Waals surface area contributed by atoms with Crippen molar-refractivity contribution in [2.45, 2.75) is 45.7 Å². The van der Waals surface area contributed by atoms with Crippen LogP contribution in [0.2, 0.25) is 5.02 Å². The highest BCUT2D eigenvalue weighted by Crippen LogP contribution is 2.40. The average Bonchev–Trinajstić information content (AvgIpc) is 2.73. The van der Waals surface area contributed by atoms with Gasteiger partial charge in [0.05, 0.1) is 10.7 Å². The van der Waals surface area contributed by atoms with Crippen LogP contribution < -0.4 is 15.5 Å². The van der Waals surface area contributed by atoms with E-state index >= 15 is 0 Å². The van der Waals surface area contributed by atoms with Crippen LogP contribution in [0, 0.1) is 0 Å². The Bertz CT molecular complexity index is 557. The van der Waals surface area contributed by atoms with Crippen molar-refractivity contribution in [3.8, 4) is 0 Å². The molecule has 1 aliphatic rings. The molecule has 0 aromatic heterocycles. The van der Waals surface area contributed by atoms with Gasteiger partial charge in [-0.1, -0.05) is 25.4 Å². The normalized spacial score (nSPS) is 17.6. The molecule has 1 unspecified atom stereocenters. The van der Waals surface area contributed by atoms with E-state index in [2.05, 4.69) is 36.3 Å². The number of carbonyl (C=O) groups is 1. The molecular formula is C16H24ClN3O. The topological polar surface area (TPSA) is 44.4 Å². The molecule has 4 nitrogen and oxygen atoms in total. The van der Waals surface area contributed by atoms with Crippen LogP contribution in [0.15, 0.2) is 12.1 Å². The van der Waals surface area contributed by atoms with Gasteiger partial charge >= 0.3 is 0 Å². The molecule has 1 aliphatic heterocycles. The summed E-state index contributed by atoms with van der Waals surface area (Å²) in [5, 5.41) is 6.80. The molecule has 5 heteroatoms. The van der Waals surface area contributed by atoms with Crippen molar-refractivity contribution in [1.82, 2.24) is 5.32 Å². The smallest absolute Gasteiger partial charge is 0.246 e. The summed E-state index contributed by atoms with van der Waals surface area (Å²) in [6.07, 6.45) is 1.00. The molecule has 1 atom stereocenters. The van der Waals surface area contributed by atoms with E-state index in [-0.39, 0.29) is 17.5 Å². The molecule has 2 rings (SSSR count). The van der Waals surface area contributed by atoms with Gasteiger partial charge < -0.3 is 15.5 Å². The van der Waals surface area contributed by atoms with Crippen LogP contribution in [0.3, 0.4) is 0 Å². The summed E-state index contributed by atoms with van der Waals surface area (Å²) < 4.78 is 0. The molecule has 1 amide bonds. The van der Waals surface area contributed by atoms with Gasteiger partial charge in [0.15, 0.2) is 0 Å². The zero-order valence-corrected chi connectivity index (χ0v) is 14.1. The minimum absolute atomic E-state index is 0.00155. The second-order valence-electron chi connectivity index (χ2n) is 6.10. The van der Waals surface area contributed by atoms with E-state index < -0.39 is 0 Å². The van der Waals surface area contributed by atoms with Gasteiger partial charge in [-0.25, -0.2) is 0 Å². The lowest BCUT2D eigenvalue weighted by Gasteiger charge is -2.37. The summed E-state index contributed by atoms with van der Waals surface area (Å²) in [7, 11) is 2.04. The number of hydrogen-bond acceptors (Lipinski definition) is 3. The molecule has 0 bridgehead atoms. The highest BCUT2D eigenvalue weighted by atomic mass is 35.5. The van der Waals surface area contributed by atoms with Gasteiger partial charge in [-0.2, -0.15) is 0 Å². The van der Waals surface area contributed by atoms with Crippen LogP contribution >= 0.6 is 11.6 Å². The minimum atomic E-state index is -0.305. The molecule has 116 valence electrons. The fourth-order valence-electron chi connectivity index (χ4n) is 2.50. The number of nitrogens with one attached hydrogen (secondary N) is 2. The van der Waals surface area contributed by atoms with E-state index in [1.165, 1.54) is 0 Å². The minimum Gasteiger partial charge on any atom is -0.368 e. The van der Waals surface area contributed by atoms with Crippen LogP contribution in [0.4, 0.5) is 11.4 Å². The zero-order chi connectivity index (χ0) is 15.8. The van der Waals surface area contributed by atoms with Crippen LogP contribution in [-0.4, -0.2) is 25.0 Å². The van der Waals surface area contributed by atoms with Gasteiger partial charge in [0.2, 0.25) is 5.91 Å². The van der Waals surface area contributed by atoms with E-state index in [0.29, 0.717) is 5.02 Å². The Morgan fingerprint density at radius 3 is 2.62 bits per heavy atom. The Labute approximate surface area is 131 Å². The van der Waals surface area contributed by atoms with Crippen molar-refractivity contribution in [3.05, 3.63) is 22.7 Å². The predicted octanol–water partition coefficient (Wildman–Crippen LogP) is 3.57. The van der Waals surface area contributed by atoms with Gasteiger partial charge in [0.25, 0.3) is 0 Å². The van der Waals surface area contributed by atoms with Crippen LogP contribution in [0.1, 0.15) is 45.7 Å². The fraction of sp³-hybridized carbons (Fsp3) is 0.562. The van der Waals surface area contributed by atoms with Crippen molar-refractivity contribution in [1.29, 1.82) is 0 Å². The monoisotopic (exact) mass is 309 g/mol. The number of benzene rings is 1. The fourth-order valence-corrected chi connectivity index (χ4v) is 2.80. The molecular weight excluding hydrogens is 286 g/mol. The Hall–Kier alpha value is -1.26. The quantitative estimate of drug-likeness (QED) is 0.874. The predicted molar refractivity (Wildman–Crippen MR) is 89.3 cm³/mol. The number of likely N-dealkylation sites (N-methyl/N-ethyl adjacent to an activating group) is 1. The maximum absolute atomic E-state index is 12.0. The van der Waals surface area contributed by atoms with Crippen molar-refractivity contribution in [3.63, 3.8) is 0 Å². The van der Waals surface area contributed by atoms with Gasteiger partial charge in [-0.05, 0) is 38.9 Å². The maximum atomic E-state index is 12.0. The first-order chi connectivity index (χ1) is 9.81. The largest absolute Gasteiger partial charge is 0.368 e. The molecule has 1 heterocycles. The summed E-state index contributed by atoms with van der Waals surface area (Å²) in [4.78, 5) is 14.2. The second-order valence-corrected chi connectivity index (χ2v) is 6.50. The SMILES string of the molecule is CCNC1C(=O)Nc2cc(N(C)C(C)(C)CC)c(Cl)cc21. The van der Waals surface area contributed by atoms with Crippen LogP contribution in [0.25, 0.3) is 0 Å². The third-order valence-electron chi connectivity index (χ3n) is 4.49. The molecule has 0 saturated heterocycles. The number of anilines is 2. The molecule has 21 heavy (non-hydrogen) atoms. The van der Waals surface area contributed by atoms with Gasteiger partial charge in [0.1, 0.15) is 6.04 Å². The van der Waals surface area contributed by atoms with Crippen molar-refractivity contribution in [2.75, 3.05) is 23.8 Å². The Morgan fingerprint density at radius 1 is 1.38 bits per heavy atom. The number of rotatable bonds is 5. The first kappa shape index (κ1) is 16.1. The molecule has 1 aromatic rings. The van der Waals surface area contributed by atoms with Crippen molar-refractivity contribution < 1.29 is 4.79 Å². The highest BCUT2D eigenvalue weighted by molar-refractivity contribution is 6.33. The second kappa shape index (κ2) is 5.85. The third-order valence-corrected chi connectivity index (χ3v) is 4.80. The van der Waals surface area contributed by atoms with Gasteiger partial charge in [-0.15, -0.1) is 0 Å². The lowest BCUT2D eigenvalue weighted by molar-refractivity contribution is -0.117. The Balaban J connectivity index is 2.42. The molecule has 0 aliphatic carbocycles. The molecule has 0 radical (unpaired) electrons. The number of fused-ring (bicyclic) bond motifs is 1. The maximum Gasteiger partial charge on any atom is 0.246 e. The van der Waals surface area contributed by atoms with Crippen molar-refractivity contribution in [2.24, 2.45) is 0 Å². The molecule has 1 aromatic carbocycles. The number of hydrogen-bond donors (Lipinski definition) is 2. The standard InChI is InChI=1S/C16H24ClN3O/c1-6-16(3,4)20(5)13-9-12-10(8-11(13)17)14(18-7-2)15(21)19-12/h8-9,14,18H,6-7H2,1-5H3,(H,19,21). The van der Waals surface area contributed by atoms with E-state index in [9.17, 15) is 4.79 Å². The zero-order valence-electron chi connectivity index (χ0n) is 13.4. The lowest BCUT2D eigenvalue weighted by Crippen LogP contribution is -2.40. The highest BCUT2D eigenvalue weighted by Gasteiger charge is 2.32. The van der Waals surface area contributed by atoms with Gasteiger partial charge in [0, 0.05) is 23.8 Å². The van der Waals surface area contributed by atoms with E-state index in [0.717, 1.165) is 29.9 Å². The lowest BCUT2D eigenvalue weighted by atomic mass is 9.98. The average molecular weight is 310 g/mol. The number of nitrogens with zero attached hydrogens (tertiary/aromatic N) is 1. The summed E-state index contributed by atoms with van der Waals surface area (Å²) in [6.45, 7) is 9.23. The number of halogens is 1. The van der Waals surface area contributed by atoms with E-state index in [1.807, 2.05) is 26.1 Å². The first-order valence-corrected chi connectivity index (χ1v) is 7.81. The number of carbonyl (C=O) groups excluding carboxylic acids is 1. The van der Waals surface area contributed by atoms with Crippen LogP contribution in [-0.2, 0) is 4.79 Å². The first-order valence-electron chi connectivity index (χ1n) is 7.43. The van der Waals surface area contributed by atoms with E-state index in [4.69, 9.17) is 11.6 Å².